The SMILES string of the molecule is Cc1ccc(N2C[C@@H](C(=O)Nc3ccc(S(=O)(=O)N4CCCC4)cc3)CC2=O)cc1. The van der Waals surface area contributed by atoms with Gasteiger partial charge in [-0.3, -0.25) is 9.59 Å². The van der Waals surface area contributed by atoms with Crippen LogP contribution in [0.5, 0.6) is 0 Å². The molecular formula is C22H25N3O4S. The highest BCUT2D eigenvalue weighted by Gasteiger charge is 2.35. The maximum absolute atomic E-state index is 12.7. The highest BCUT2D eigenvalue weighted by atomic mass is 32.2. The number of amides is 2. The highest BCUT2D eigenvalue weighted by Crippen LogP contribution is 2.27. The van der Waals surface area contributed by atoms with Crippen LogP contribution in [0.15, 0.2) is 53.4 Å². The molecule has 2 aromatic rings. The number of nitrogens with one attached hydrogen (secondary N) is 1. The van der Waals surface area contributed by atoms with Gasteiger partial charge in [0.15, 0.2) is 0 Å². The number of benzene rings is 2. The van der Waals surface area contributed by atoms with Gasteiger partial charge in [0.05, 0.1) is 10.8 Å². The lowest BCUT2D eigenvalue weighted by Gasteiger charge is -2.17. The first-order valence-corrected chi connectivity index (χ1v) is 11.6. The Balaban J connectivity index is 1.40. The average molecular weight is 428 g/mol. The van der Waals surface area contributed by atoms with E-state index in [0.29, 0.717) is 25.3 Å². The monoisotopic (exact) mass is 427 g/mol. The lowest BCUT2D eigenvalue weighted by atomic mass is 10.1. The van der Waals surface area contributed by atoms with Gasteiger partial charge in [-0.05, 0) is 56.2 Å². The molecule has 2 aromatic carbocycles. The fraction of sp³-hybridized carbons (Fsp3) is 0.364. The zero-order chi connectivity index (χ0) is 21.3. The Morgan fingerprint density at radius 2 is 1.63 bits per heavy atom. The second-order valence-electron chi connectivity index (χ2n) is 7.87. The molecule has 0 aromatic heterocycles. The van der Waals surface area contributed by atoms with Crippen LogP contribution in [0.4, 0.5) is 11.4 Å². The van der Waals surface area contributed by atoms with Crippen molar-refractivity contribution in [3.8, 4) is 0 Å². The van der Waals surface area contributed by atoms with Crippen LogP contribution in [0.1, 0.15) is 24.8 Å². The zero-order valence-electron chi connectivity index (χ0n) is 16.9. The summed E-state index contributed by atoms with van der Waals surface area (Å²) in [6, 6.07) is 13.9. The standard InChI is InChI=1S/C22H25N3O4S/c1-16-4-8-19(9-5-16)25-15-17(14-21(25)26)22(27)23-18-6-10-20(11-7-18)30(28,29)24-12-2-3-13-24/h4-11,17H,2-3,12-15H2,1H3,(H,23,27)/t17-/m0/s1. The molecule has 2 amide bonds. The summed E-state index contributed by atoms with van der Waals surface area (Å²) in [5.41, 5.74) is 2.41. The van der Waals surface area contributed by atoms with Gasteiger partial charge in [0.2, 0.25) is 21.8 Å². The molecule has 0 bridgehead atoms. The highest BCUT2D eigenvalue weighted by molar-refractivity contribution is 7.89. The number of carbonyl (C=O) groups is 2. The van der Waals surface area contributed by atoms with Gasteiger partial charge in [0, 0.05) is 37.4 Å². The molecule has 0 spiro atoms. The molecule has 8 heteroatoms. The van der Waals surface area contributed by atoms with Gasteiger partial charge >= 0.3 is 0 Å². The fourth-order valence-corrected chi connectivity index (χ4v) is 5.41. The first-order chi connectivity index (χ1) is 14.3. The Hall–Kier alpha value is -2.71. The molecule has 0 aliphatic carbocycles. The van der Waals surface area contributed by atoms with Crippen molar-refractivity contribution in [2.75, 3.05) is 29.9 Å². The molecule has 0 unspecified atom stereocenters. The minimum atomic E-state index is -3.48. The fourth-order valence-electron chi connectivity index (χ4n) is 3.89. The number of carbonyl (C=O) groups excluding carboxylic acids is 2. The van der Waals surface area contributed by atoms with Gasteiger partial charge in [-0.15, -0.1) is 0 Å². The normalized spacial score (nSPS) is 20.0. The molecule has 2 aliphatic rings. The Morgan fingerprint density at radius 1 is 1.00 bits per heavy atom. The van der Waals surface area contributed by atoms with Crippen molar-refractivity contribution in [3.05, 3.63) is 54.1 Å². The Morgan fingerprint density at radius 3 is 2.27 bits per heavy atom. The third-order valence-corrected chi connectivity index (χ3v) is 7.58. The van der Waals surface area contributed by atoms with Crippen LogP contribution in [-0.2, 0) is 19.6 Å². The topological polar surface area (TPSA) is 86.8 Å². The van der Waals surface area contributed by atoms with E-state index in [4.69, 9.17) is 0 Å². The van der Waals surface area contributed by atoms with Crippen molar-refractivity contribution >= 4 is 33.2 Å². The summed E-state index contributed by atoms with van der Waals surface area (Å²) in [5, 5.41) is 2.81. The molecule has 2 heterocycles. The molecule has 0 radical (unpaired) electrons. The third kappa shape index (κ3) is 4.11. The molecule has 2 saturated heterocycles. The summed E-state index contributed by atoms with van der Waals surface area (Å²) in [6.45, 7) is 3.41. The van der Waals surface area contributed by atoms with Crippen LogP contribution < -0.4 is 10.2 Å². The van der Waals surface area contributed by atoms with E-state index < -0.39 is 15.9 Å². The summed E-state index contributed by atoms with van der Waals surface area (Å²) in [4.78, 5) is 26.9. The smallest absolute Gasteiger partial charge is 0.243 e. The predicted octanol–water partition coefficient (Wildman–Crippen LogP) is 2.77. The first-order valence-electron chi connectivity index (χ1n) is 10.1. The minimum absolute atomic E-state index is 0.0777. The van der Waals surface area contributed by atoms with Crippen molar-refractivity contribution in [2.24, 2.45) is 5.92 Å². The van der Waals surface area contributed by atoms with E-state index in [2.05, 4.69) is 5.32 Å². The van der Waals surface area contributed by atoms with Crippen molar-refractivity contribution in [3.63, 3.8) is 0 Å². The summed E-state index contributed by atoms with van der Waals surface area (Å²) in [6.07, 6.45) is 1.92. The number of aryl methyl sites for hydroxylation is 1. The average Bonchev–Trinajstić information content (AvgIpc) is 3.40. The van der Waals surface area contributed by atoms with Crippen LogP contribution in [0.2, 0.25) is 0 Å². The molecule has 2 fully saturated rings. The van der Waals surface area contributed by atoms with E-state index in [1.807, 2.05) is 31.2 Å². The minimum Gasteiger partial charge on any atom is -0.326 e. The maximum atomic E-state index is 12.7. The Bertz CT molecular complexity index is 1040. The van der Waals surface area contributed by atoms with Crippen LogP contribution >= 0.6 is 0 Å². The van der Waals surface area contributed by atoms with Gasteiger partial charge in [0.25, 0.3) is 0 Å². The van der Waals surface area contributed by atoms with Gasteiger partial charge in [0.1, 0.15) is 0 Å². The summed E-state index contributed by atoms with van der Waals surface area (Å²) >= 11 is 0. The number of hydrogen-bond donors (Lipinski definition) is 1. The van der Waals surface area contributed by atoms with Crippen LogP contribution in [0, 0.1) is 12.8 Å². The summed E-state index contributed by atoms with van der Waals surface area (Å²) in [7, 11) is -3.48. The molecule has 30 heavy (non-hydrogen) atoms. The van der Waals surface area contributed by atoms with E-state index in [9.17, 15) is 18.0 Å². The van der Waals surface area contributed by atoms with Crippen LogP contribution in [0.25, 0.3) is 0 Å². The van der Waals surface area contributed by atoms with Gasteiger partial charge in [-0.1, -0.05) is 17.7 Å². The van der Waals surface area contributed by atoms with Gasteiger partial charge in [-0.25, -0.2) is 8.42 Å². The van der Waals surface area contributed by atoms with E-state index in [0.717, 1.165) is 24.1 Å². The number of rotatable bonds is 5. The van der Waals surface area contributed by atoms with Crippen molar-refractivity contribution in [1.82, 2.24) is 4.31 Å². The lowest BCUT2D eigenvalue weighted by Crippen LogP contribution is -2.28. The molecule has 7 nitrogen and oxygen atoms in total. The zero-order valence-corrected chi connectivity index (χ0v) is 17.7. The van der Waals surface area contributed by atoms with E-state index in [1.165, 1.54) is 16.4 Å². The number of nitrogens with zero attached hydrogens (tertiary/aromatic N) is 2. The van der Waals surface area contributed by atoms with Crippen LogP contribution in [-0.4, -0.2) is 44.2 Å². The Kier molecular flexibility index (Phi) is 5.62. The summed E-state index contributed by atoms with van der Waals surface area (Å²) < 4.78 is 26.7. The van der Waals surface area contributed by atoms with Crippen molar-refractivity contribution in [1.29, 1.82) is 0 Å². The Labute approximate surface area is 176 Å². The van der Waals surface area contributed by atoms with Crippen molar-refractivity contribution in [2.45, 2.75) is 31.1 Å². The van der Waals surface area contributed by atoms with Crippen molar-refractivity contribution < 1.29 is 18.0 Å². The second-order valence-corrected chi connectivity index (χ2v) is 9.80. The largest absolute Gasteiger partial charge is 0.326 e. The van der Waals surface area contributed by atoms with Gasteiger partial charge in [-0.2, -0.15) is 4.31 Å². The molecule has 1 N–H and O–H groups in total. The van der Waals surface area contributed by atoms with E-state index in [-0.39, 0.29) is 23.1 Å². The molecule has 158 valence electrons. The number of hydrogen-bond acceptors (Lipinski definition) is 4. The number of sulfonamides is 1. The molecule has 4 rings (SSSR count). The quantitative estimate of drug-likeness (QED) is 0.795. The third-order valence-electron chi connectivity index (χ3n) is 5.67. The van der Waals surface area contributed by atoms with E-state index >= 15 is 0 Å². The predicted molar refractivity (Wildman–Crippen MR) is 115 cm³/mol. The number of anilines is 2. The summed E-state index contributed by atoms with van der Waals surface area (Å²) in [5.74, 6) is -0.772. The lowest BCUT2D eigenvalue weighted by molar-refractivity contribution is -0.122. The van der Waals surface area contributed by atoms with Gasteiger partial charge < -0.3 is 10.2 Å². The van der Waals surface area contributed by atoms with E-state index in [1.54, 1.807) is 17.0 Å². The maximum Gasteiger partial charge on any atom is 0.243 e. The molecule has 1 atom stereocenters. The first kappa shape index (κ1) is 20.6. The van der Waals surface area contributed by atoms with Crippen LogP contribution in [0.3, 0.4) is 0 Å². The molecular weight excluding hydrogens is 402 g/mol. The molecule has 2 aliphatic heterocycles. The second kappa shape index (κ2) is 8.20. The molecule has 0 saturated carbocycles.